The highest BCUT2D eigenvalue weighted by Crippen LogP contribution is 2.43. The van der Waals surface area contributed by atoms with Gasteiger partial charge in [0.25, 0.3) is 0 Å². The molecule has 3 rings (SSSR count). The van der Waals surface area contributed by atoms with Gasteiger partial charge < -0.3 is 5.11 Å². The van der Waals surface area contributed by atoms with Crippen molar-refractivity contribution in [2.24, 2.45) is 11.3 Å². The highest BCUT2D eigenvalue weighted by Gasteiger charge is 2.43. The van der Waals surface area contributed by atoms with Crippen LogP contribution in [0.4, 0.5) is 0 Å². The van der Waals surface area contributed by atoms with Crippen LogP contribution in [0.1, 0.15) is 57.2 Å². The maximum absolute atomic E-state index is 11.6. The van der Waals surface area contributed by atoms with Crippen molar-refractivity contribution in [3.8, 4) is 0 Å². The average Bonchev–Trinajstić information content (AvgIpc) is 2.95. The monoisotopic (exact) mass is 264 g/mol. The van der Waals surface area contributed by atoms with E-state index in [2.05, 4.69) is 22.4 Å². The number of nitrogens with zero attached hydrogens (tertiary/aromatic N) is 4. The van der Waals surface area contributed by atoms with Gasteiger partial charge in [0.05, 0.1) is 12.0 Å². The first-order valence-corrected chi connectivity index (χ1v) is 7.12. The average molecular weight is 264 g/mol. The maximum atomic E-state index is 11.6. The predicted molar refractivity (Wildman–Crippen MR) is 67.5 cm³/mol. The first kappa shape index (κ1) is 12.6. The lowest BCUT2D eigenvalue weighted by atomic mass is 9.86. The van der Waals surface area contributed by atoms with Gasteiger partial charge in [-0.25, -0.2) is 4.68 Å². The normalized spacial score (nSPS) is 23.4. The van der Waals surface area contributed by atoms with Crippen LogP contribution in [0.5, 0.6) is 0 Å². The van der Waals surface area contributed by atoms with Gasteiger partial charge in [-0.1, -0.05) is 19.8 Å². The van der Waals surface area contributed by atoms with Gasteiger partial charge >= 0.3 is 5.97 Å². The van der Waals surface area contributed by atoms with Crippen molar-refractivity contribution in [1.29, 1.82) is 0 Å². The Labute approximate surface area is 112 Å². The second kappa shape index (κ2) is 4.58. The van der Waals surface area contributed by atoms with E-state index in [1.807, 2.05) is 0 Å². The molecule has 19 heavy (non-hydrogen) atoms. The fourth-order valence-electron chi connectivity index (χ4n) is 3.24. The Morgan fingerprint density at radius 1 is 1.47 bits per heavy atom. The van der Waals surface area contributed by atoms with Crippen LogP contribution >= 0.6 is 0 Å². The topological polar surface area (TPSA) is 80.9 Å². The second-order valence-electron chi connectivity index (χ2n) is 6.11. The lowest BCUT2D eigenvalue weighted by molar-refractivity contribution is -0.149. The fourth-order valence-corrected chi connectivity index (χ4v) is 3.24. The van der Waals surface area contributed by atoms with Crippen molar-refractivity contribution < 1.29 is 9.90 Å². The molecule has 0 amide bonds. The molecule has 2 fully saturated rings. The first-order chi connectivity index (χ1) is 9.12. The van der Waals surface area contributed by atoms with Gasteiger partial charge in [-0.2, -0.15) is 0 Å². The number of aliphatic carboxylic acids is 1. The summed E-state index contributed by atoms with van der Waals surface area (Å²) < 4.78 is 1.74. The van der Waals surface area contributed by atoms with E-state index in [0.29, 0.717) is 18.4 Å². The van der Waals surface area contributed by atoms with Crippen LogP contribution in [-0.4, -0.2) is 31.3 Å². The van der Waals surface area contributed by atoms with Crippen molar-refractivity contribution in [3.05, 3.63) is 5.82 Å². The van der Waals surface area contributed by atoms with Crippen LogP contribution in [0.25, 0.3) is 0 Å². The van der Waals surface area contributed by atoms with Crippen molar-refractivity contribution in [2.45, 2.75) is 57.9 Å². The van der Waals surface area contributed by atoms with Crippen molar-refractivity contribution >= 4 is 5.97 Å². The quantitative estimate of drug-likeness (QED) is 0.877. The standard InChI is InChI=1S/C13H20N4O2/c1-9(10-4-5-10)11-14-15-16-17(11)8-13(12(18)19)6-2-3-7-13/h9-10H,2-8H2,1H3,(H,18,19). The molecule has 2 aliphatic rings. The van der Waals surface area contributed by atoms with Gasteiger partial charge in [-0.15, -0.1) is 5.10 Å². The SMILES string of the molecule is CC(c1nnnn1CC1(C(=O)O)CCCC1)C1CC1. The van der Waals surface area contributed by atoms with E-state index in [1.165, 1.54) is 12.8 Å². The third-order valence-electron chi connectivity index (χ3n) is 4.76. The summed E-state index contributed by atoms with van der Waals surface area (Å²) in [6, 6.07) is 0. The molecule has 1 aromatic heterocycles. The fraction of sp³-hybridized carbons (Fsp3) is 0.846. The molecular weight excluding hydrogens is 244 g/mol. The molecule has 0 radical (unpaired) electrons. The molecule has 6 nitrogen and oxygen atoms in total. The summed E-state index contributed by atoms with van der Waals surface area (Å²) in [5.74, 6) is 1.16. The molecule has 2 aliphatic carbocycles. The third kappa shape index (κ3) is 2.24. The Morgan fingerprint density at radius 3 is 2.74 bits per heavy atom. The molecule has 6 heteroatoms. The van der Waals surface area contributed by atoms with Gasteiger partial charge in [0, 0.05) is 5.92 Å². The Morgan fingerprint density at radius 2 is 2.16 bits per heavy atom. The minimum atomic E-state index is -0.703. The summed E-state index contributed by atoms with van der Waals surface area (Å²) in [6.45, 7) is 2.56. The van der Waals surface area contributed by atoms with Crippen molar-refractivity contribution in [3.63, 3.8) is 0 Å². The largest absolute Gasteiger partial charge is 0.481 e. The minimum Gasteiger partial charge on any atom is -0.481 e. The van der Waals surface area contributed by atoms with Crippen LogP contribution in [0.15, 0.2) is 0 Å². The zero-order valence-corrected chi connectivity index (χ0v) is 11.2. The van der Waals surface area contributed by atoms with Crippen LogP contribution in [0, 0.1) is 11.3 Å². The van der Waals surface area contributed by atoms with Crippen LogP contribution in [-0.2, 0) is 11.3 Å². The number of hydrogen-bond donors (Lipinski definition) is 1. The number of tetrazole rings is 1. The minimum absolute atomic E-state index is 0.335. The van der Waals surface area contributed by atoms with Crippen LogP contribution in [0.3, 0.4) is 0 Å². The molecule has 2 saturated carbocycles. The first-order valence-electron chi connectivity index (χ1n) is 7.12. The van der Waals surface area contributed by atoms with Gasteiger partial charge in [0.15, 0.2) is 5.82 Å². The third-order valence-corrected chi connectivity index (χ3v) is 4.76. The van der Waals surface area contributed by atoms with E-state index in [-0.39, 0.29) is 0 Å². The second-order valence-corrected chi connectivity index (χ2v) is 6.11. The predicted octanol–water partition coefficient (Wildman–Crippen LogP) is 1.83. The van der Waals surface area contributed by atoms with Gasteiger partial charge in [0.1, 0.15) is 0 Å². The molecule has 1 heterocycles. The van der Waals surface area contributed by atoms with Crippen LogP contribution < -0.4 is 0 Å². The van der Waals surface area contributed by atoms with Crippen molar-refractivity contribution in [1.82, 2.24) is 20.2 Å². The molecule has 1 N–H and O–H groups in total. The highest BCUT2D eigenvalue weighted by atomic mass is 16.4. The molecule has 0 aliphatic heterocycles. The molecule has 104 valence electrons. The molecule has 1 aromatic rings. The Balaban J connectivity index is 1.82. The van der Waals surface area contributed by atoms with E-state index >= 15 is 0 Å². The zero-order valence-electron chi connectivity index (χ0n) is 11.2. The number of carboxylic acid groups (broad SMARTS) is 1. The number of rotatable bonds is 5. The van der Waals surface area contributed by atoms with Crippen LogP contribution in [0.2, 0.25) is 0 Å². The molecule has 1 unspecified atom stereocenters. The summed E-state index contributed by atoms with van der Waals surface area (Å²) in [7, 11) is 0. The maximum Gasteiger partial charge on any atom is 0.311 e. The lowest BCUT2D eigenvalue weighted by Crippen LogP contribution is -2.34. The molecule has 0 saturated heterocycles. The van der Waals surface area contributed by atoms with E-state index < -0.39 is 11.4 Å². The van der Waals surface area contributed by atoms with E-state index in [0.717, 1.165) is 31.5 Å². The Bertz CT molecular complexity index is 475. The van der Waals surface area contributed by atoms with Gasteiger partial charge in [-0.3, -0.25) is 4.79 Å². The lowest BCUT2D eigenvalue weighted by Gasteiger charge is -2.24. The number of hydrogen-bond acceptors (Lipinski definition) is 4. The molecule has 0 spiro atoms. The van der Waals surface area contributed by atoms with E-state index in [1.54, 1.807) is 4.68 Å². The van der Waals surface area contributed by atoms with Gasteiger partial charge in [0.2, 0.25) is 0 Å². The molecule has 0 bridgehead atoms. The summed E-state index contributed by atoms with van der Waals surface area (Å²) in [4.78, 5) is 11.6. The number of aromatic nitrogens is 4. The zero-order chi connectivity index (χ0) is 13.5. The summed E-state index contributed by atoms with van der Waals surface area (Å²) >= 11 is 0. The van der Waals surface area contributed by atoms with E-state index in [4.69, 9.17) is 0 Å². The van der Waals surface area contributed by atoms with Crippen molar-refractivity contribution in [2.75, 3.05) is 0 Å². The summed E-state index contributed by atoms with van der Waals surface area (Å²) in [6.07, 6.45) is 5.92. The Hall–Kier alpha value is -1.46. The smallest absolute Gasteiger partial charge is 0.311 e. The Kier molecular flexibility index (Phi) is 3.03. The molecule has 1 atom stereocenters. The summed E-state index contributed by atoms with van der Waals surface area (Å²) in [5, 5.41) is 21.4. The number of carbonyl (C=O) groups is 1. The summed E-state index contributed by atoms with van der Waals surface area (Å²) in [5.41, 5.74) is -0.659. The van der Waals surface area contributed by atoms with Gasteiger partial charge in [-0.05, 0) is 42.0 Å². The number of carboxylic acids is 1. The molecular formula is C13H20N4O2. The molecule has 0 aromatic carbocycles. The highest BCUT2D eigenvalue weighted by molar-refractivity contribution is 5.74. The van der Waals surface area contributed by atoms with E-state index in [9.17, 15) is 9.90 Å².